The first-order valence-corrected chi connectivity index (χ1v) is 9.98. The molecule has 0 radical (unpaired) electrons. The zero-order valence-corrected chi connectivity index (χ0v) is 16.8. The molecule has 0 unspecified atom stereocenters. The molecule has 0 fully saturated rings. The summed E-state index contributed by atoms with van der Waals surface area (Å²) in [7, 11) is 1.62. The van der Waals surface area contributed by atoms with E-state index in [1.807, 2.05) is 48.7 Å². The molecule has 0 aliphatic heterocycles. The number of rotatable bonds is 10. The summed E-state index contributed by atoms with van der Waals surface area (Å²) in [6, 6.07) is 11.2. The average molecular weight is 401 g/mol. The Balaban J connectivity index is 1.44. The average Bonchev–Trinajstić information content (AvgIpc) is 3.41. The molecule has 148 valence electrons. The van der Waals surface area contributed by atoms with Gasteiger partial charge >= 0.3 is 0 Å². The highest BCUT2D eigenvalue weighted by atomic mass is 32.1. The van der Waals surface area contributed by atoms with Crippen LogP contribution < -0.4 is 9.47 Å². The number of methoxy groups -OCH3 is 1. The maximum atomic E-state index is 12.5. The SMILES string of the molecule is CCN(Cc1nc(-c2cccs2)no1)C(=O)CCCOc1ccc(OC)cc1. The van der Waals surface area contributed by atoms with E-state index in [1.165, 1.54) is 0 Å². The lowest BCUT2D eigenvalue weighted by molar-refractivity contribution is -0.132. The third kappa shape index (κ3) is 5.32. The van der Waals surface area contributed by atoms with Crippen LogP contribution in [0, 0.1) is 0 Å². The maximum absolute atomic E-state index is 12.5. The molecule has 0 N–H and O–H groups in total. The number of hydrogen-bond acceptors (Lipinski definition) is 7. The summed E-state index contributed by atoms with van der Waals surface area (Å²) >= 11 is 1.55. The largest absolute Gasteiger partial charge is 0.497 e. The highest BCUT2D eigenvalue weighted by molar-refractivity contribution is 7.13. The highest BCUT2D eigenvalue weighted by Gasteiger charge is 2.17. The van der Waals surface area contributed by atoms with Crippen molar-refractivity contribution in [3.8, 4) is 22.2 Å². The summed E-state index contributed by atoms with van der Waals surface area (Å²) < 4.78 is 16.1. The minimum Gasteiger partial charge on any atom is -0.497 e. The van der Waals surface area contributed by atoms with Crippen molar-refractivity contribution in [3.05, 3.63) is 47.7 Å². The number of thiophene rings is 1. The van der Waals surface area contributed by atoms with Crippen molar-refractivity contribution < 1.29 is 18.8 Å². The lowest BCUT2D eigenvalue weighted by Crippen LogP contribution is -2.30. The molecule has 0 atom stereocenters. The Morgan fingerprint density at radius 1 is 1.21 bits per heavy atom. The van der Waals surface area contributed by atoms with E-state index < -0.39 is 0 Å². The Hall–Kier alpha value is -2.87. The molecule has 2 heterocycles. The molecule has 2 aromatic heterocycles. The first kappa shape index (κ1) is 19.9. The number of amides is 1. The molecule has 0 aliphatic carbocycles. The number of carbonyl (C=O) groups is 1. The van der Waals surface area contributed by atoms with E-state index in [1.54, 1.807) is 23.3 Å². The number of nitrogens with zero attached hydrogens (tertiary/aromatic N) is 3. The van der Waals surface area contributed by atoms with Gasteiger partial charge in [-0.1, -0.05) is 11.2 Å². The summed E-state index contributed by atoms with van der Waals surface area (Å²) in [5.74, 6) is 2.57. The molecule has 8 heteroatoms. The van der Waals surface area contributed by atoms with Gasteiger partial charge in [0.2, 0.25) is 17.6 Å². The lowest BCUT2D eigenvalue weighted by Gasteiger charge is -2.18. The minimum absolute atomic E-state index is 0.0386. The third-order valence-corrected chi connectivity index (χ3v) is 5.00. The van der Waals surface area contributed by atoms with Crippen LogP contribution in [-0.4, -0.2) is 41.2 Å². The fourth-order valence-corrected chi connectivity index (χ4v) is 3.26. The van der Waals surface area contributed by atoms with E-state index in [0.717, 1.165) is 16.4 Å². The van der Waals surface area contributed by atoms with Crippen LogP contribution in [0.15, 0.2) is 46.3 Å². The third-order valence-electron chi connectivity index (χ3n) is 4.13. The van der Waals surface area contributed by atoms with Crippen LogP contribution in [0.25, 0.3) is 10.7 Å². The van der Waals surface area contributed by atoms with Crippen molar-refractivity contribution in [2.45, 2.75) is 26.3 Å². The topological polar surface area (TPSA) is 77.7 Å². The van der Waals surface area contributed by atoms with E-state index in [9.17, 15) is 4.79 Å². The van der Waals surface area contributed by atoms with E-state index in [0.29, 0.717) is 44.3 Å². The van der Waals surface area contributed by atoms with Crippen LogP contribution in [0.2, 0.25) is 0 Å². The van der Waals surface area contributed by atoms with Crippen molar-refractivity contribution in [1.29, 1.82) is 0 Å². The van der Waals surface area contributed by atoms with Crippen molar-refractivity contribution >= 4 is 17.2 Å². The number of ether oxygens (including phenoxy) is 2. The van der Waals surface area contributed by atoms with Gasteiger partial charge in [-0.3, -0.25) is 4.79 Å². The molecular weight excluding hydrogens is 378 g/mol. The van der Waals surface area contributed by atoms with Crippen molar-refractivity contribution in [3.63, 3.8) is 0 Å². The normalized spacial score (nSPS) is 10.6. The number of hydrogen-bond donors (Lipinski definition) is 0. The number of benzene rings is 1. The first-order chi connectivity index (χ1) is 13.7. The second-order valence-electron chi connectivity index (χ2n) is 6.02. The molecule has 0 spiro atoms. The first-order valence-electron chi connectivity index (χ1n) is 9.10. The van der Waals surface area contributed by atoms with Crippen LogP contribution in [-0.2, 0) is 11.3 Å². The summed E-state index contributed by atoms with van der Waals surface area (Å²) in [6.07, 6.45) is 1.03. The smallest absolute Gasteiger partial charge is 0.246 e. The van der Waals surface area contributed by atoms with Crippen LogP contribution in [0.4, 0.5) is 0 Å². The zero-order valence-electron chi connectivity index (χ0n) is 16.0. The van der Waals surface area contributed by atoms with Gasteiger partial charge in [-0.2, -0.15) is 4.98 Å². The van der Waals surface area contributed by atoms with E-state index in [-0.39, 0.29) is 5.91 Å². The van der Waals surface area contributed by atoms with Gasteiger partial charge in [-0.05, 0) is 49.1 Å². The molecular formula is C20H23N3O4S. The van der Waals surface area contributed by atoms with Crippen molar-refractivity contribution in [2.24, 2.45) is 0 Å². The fourth-order valence-electron chi connectivity index (χ4n) is 2.61. The lowest BCUT2D eigenvalue weighted by atomic mass is 10.2. The van der Waals surface area contributed by atoms with Gasteiger partial charge in [-0.25, -0.2) is 0 Å². The van der Waals surface area contributed by atoms with Gasteiger partial charge in [-0.15, -0.1) is 11.3 Å². The van der Waals surface area contributed by atoms with Gasteiger partial charge in [0.25, 0.3) is 0 Å². The molecule has 1 aromatic carbocycles. The Labute approximate surface area is 167 Å². The van der Waals surface area contributed by atoms with Crippen LogP contribution in [0.1, 0.15) is 25.7 Å². The summed E-state index contributed by atoms with van der Waals surface area (Å²) in [6.45, 7) is 3.29. The molecule has 28 heavy (non-hydrogen) atoms. The second kappa shape index (κ2) is 9.89. The second-order valence-corrected chi connectivity index (χ2v) is 6.97. The predicted molar refractivity (Wildman–Crippen MR) is 106 cm³/mol. The summed E-state index contributed by atoms with van der Waals surface area (Å²) in [4.78, 5) is 19.5. The van der Waals surface area contributed by atoms with Crippen LogP contribution >= 0.6 is 11.3 Å². The van der Waals surface area contributed by atoms with Gasteiger partial charge in [0.1, 0.15) is 11.5 Å². The fraction of sp³-hybridized carbons (Fsp3) is 0.350. The van der Waals surface area contributed by atoms with Gasteiger partial charge < -0.3 is 18.9 Å². The standard InChI is InChI=1S/C20H23N3O4S/c1-3-23(14-18-21-20(22-27-18)17-6-5-13-28-17)19(24)7-4-12-26-16-10-8-15(25-2)9-11-16/h5-6,8-11,13H,3-4,7,12,14H2,1-2H3. The molecule has 0 aliphatic rings. The number of aromatic nitrogens is 2. The molecule has 1 amide bonds. The van der Waals surface area contributed by atoms with Gasteiger partial charge in [0.05, 0.1) is 25.1 Å². The zero-order chi connectivity index (χ0) is 19.8. The highest BCUT2D eigenvalue weighted by Crippen LogP contribution is 2.22. The molecule has 3 rings (SSSR count). The Bertz CT molecular complexity index is 862. The van der Waals surface area contributed by atoms with E-state index >= 15 is 0 Å². The molecule has 3 aromatic rings. The van der Waals surface area contributed by atoms with Crippen molar-refractivity contribution in [2.75, 3.05) is 20.3 Å². The van der Waals surface area contributed by atoms with Gasteiger partial charge in [0.15, 0.2) is 0 Å². The maximum Gasteiger partial charge on any atom is 0.246 e. The molecule has 7 nitrogen and oxygen atoms in total. The molecule has 0 saturated carbocycles. The van der Waals surface area contributed by atoms with E-state index in [2.05, 4.69) is 10.1 Å². The Morgan fingerprint density at radius 2 is 2.00 bits per heavy atom. The molecule has 0 saturated heterocycles. The quantitative estimate of drug-likeness (QED) is 0.478. The summed E-state index contributed by atoms with van der Waals surface area (Å²) in [5, 5.41) is 5.94. The predicted octanol–water partition coefficient (Wildman–Crippen LogP) is 4.01. The number of carbonyl (C=O) groups excluding carboxylic acids is 1. The Kier molecular flexibility index (Phi) is 7.02. The summed E-state index contributed by atoms with van der Waals surface area (Å²) in [5.41, 5.74) is 0. The minimum atomic E-state index is 0.0386. The monoisotopic (exact) mass is 401 g/mol. The molecule has 0 bridgehead atoms. The van der Waals surface area contributed by atoms with E-state index in [4.69, 9.17) is 14.0 Å². The van der Waals surface area contributed by atoms with Crippen LogP contribution in [0.3, 0.4) is 0 Å². The van der Waals surface area contributed by atoms with Crippen molar-refractivity contribution in [1.82, 2.24) is 15.0 Å². The Morgan fingerprint density at radius 3 is 2.68 bits per heavy atom. The van der Waals surface area contributed by atoms with Gasteiger partial charge in [0, 0.05) is 13.0 Å². The van der Waals surface area contributed by atoms with Crippen LogP contribution in [0.5, 0.6) is 11.5 Å².